The van der Waals surface area contributed by atoms with Gasteiger partial charge in [-0.05, 0) is 44.0 Å². The Kier molecular flexibility index (Phi) is 3.97. The number of carbonyl (C=O) groups is 1. The maximum absolute atomic E-state index is 11.5. The summed E-state index contributed by atoms with van der Waals surface area (Å²) in [4.78, 5) is 14.5. The molecule has 0 atom stereocenters. The zero-order chi connectivity index (χ0) is 12.1. The molecule has 1 rings (SSSR count). The Labute approximate surface area is 94.5 Å². The molecule has 0 fully saturated rings. The second kappa shape index (κ2) is 5.24. The van der Waals surface area contributed by atoms with E-state index in [0.29, 0.717) is 5.56 Å². The van der Waals surface area contributed by atoms with Gasteiger partial charge in [0.1, 0.15) is 0 Å². The van der Waals surface area contributed by atoms with Crippen molar-refractivity contribution in [2.24, 2.45) is 0 Å². The highest BCUT2D eigenvalue weighted by molar-refractivity contribution is 6.40. The van der Waals surface area contributed by atoms with E-state index in [9.17, 15) is 4.79 Å². The van der Waals surface area contributed by atoms with Crippen molar-refractivity contribution in [3.05, 3.63) is 40.4 Å². The number of hydrogen-bond acceptors (Lipinski definition) is 2. The van der Waals surface area contributed by atoms with Gasteiger partial charge in [0.2, 0.25) is 0 Å². The highest BCUT2D eigenvalue weighted by Crippen LogP contribution is 2.09. The van der Waals surface area contributed by atoms with E-state index in [1.165, 1.54) is 0 Å². The van der Waals surface area contributed by atoms with Gasteiger partial charge in [0.25, 0.3) is 0 Å². The first-order valence-corrected chi connectivity index (χ1v) is 5.06. The minimum Gasteiger partial charge on any atom is -0.457 e. The van der Waals surface area contributed by atoms with Gasteiger partial charge in [-0.25, -0.2) is 4.79 Å². The van der Waals surface area contributed by atoms with Crippen LogP contribution in [0.4, 0.5) is 0 Å². The first-order chi connectivity index (χ1) is 7.58. The van der Waals surface area contributed by atoms with E-state index < -0.39 is 5.97 Å². The lowest BCUT2D eigenvalue weighted by Crippen LogP contribution is -2.20. The van der Waals surface area contributed by atoms with E-state index >= 15 is 0 Å². The molecule has 4 heteroatoms. The van der Waals surface area contributed by atoms with E-state index in [-0.39, 0.29) is 12.3 Å². The van der Waals surface area contributed by atoms with Crippen molar-refractivity contribution in [3.8, 4) is 0 Å². The number of carbonyl (C=O) groups excluding carboxylic acids is 1. The number of aryl methyl sites for hydroxylation is 2. The van der Waals surface area contributed by atoms with Gasteiger partial charge in [0, 0.05) is 0 Å². The smallest absolute Gasteiger partial charge is 0.422 e. The Morgan fingerprint density at radius 2 is 1.88 bits per heavy atom. The highest BCUT2D eigenvalue weighted by atomic mass is 16.5. The van der Waals surface area contributed by atoms with Crippen molar-refractivity contribution < 1.29 is 14.3 Å². The van der Waals surface area contributed by atoms with E-state index in [2.05, 4.69) is 4.79 Å². The van der Waals surface area contributed by atoms with Gasteiger partial charge in [-0.15, -0.1) is 0 Å². The number of hydrogen-bond donors (Lipinski definition) is 0. The van der Waals surface area contributed by atoms with Crippen molar-refractivity contribution in [1.82, 2.24) is 0 Å². The molecule has 0 saturated heterocycles. The second-order valence-electron chi connectivity index (χ2n) is 3.55. The van der Waals surface area contributed by atoms with Crippen LogP contribution in [0.25, 0.3) is 5.53 Å². The molecule has 4 nitrogen and oxygen atoms in total. The van der Waals surface area contributed by atoms with Crippen LogP contribution in [0.2, 0.25) is 0 Å². The van der Waals surface area contributed by atoms with Crippen molar-refractivity contribution >= 4 is 11.7 Å². The van der Waals surface area contributed by atoms with Crippen LogP contribution in [-0.4, -0.2) is 23.1 Å². The number of benzene rings is 1. The van der Waals surface area contributed by atoms with Gasteiger partial charge >= 0.3 is 11.7 Å². The van der Waals surface area contributed by atoms with Crippen LogP contribution in [0.1, 0.15) is 23.6 Å². The zero-order valence-electron chi connectivity index (χ0n) is 9.65. The summed E-state index contributed by atoms with van der Waals surface area (Å²) in [5.74, 6) is -0.616. The summed E-state index contributed by atoms with van der Waals surface area (Å²) in [7, 11) is 0. The average Bonchev–Trinajstić information content (AvgIpc) is 2.17. The lowest BCUT2D eigenvalue weighted by molar-refractivity contribution is -0.139. The number of ether oxygens (including phenoxy) is 1. The molecule has 0 N–H and O–H groups in total. The SMILES string of the molecule is CCOC(=O)C(=[N+]=[N-])c1cc(C)cc(C)c1. The molecule has 0 aliphatic heterocycles. The minimum atomic E-state index is -0.616. The summed E-state index contributed by atoms with van der Waals surface area (Å²) >= 11 is 0. The number of esters is 1. The normalized spacial score (nSPS) is 9.44. The summed E-state index contributed by atoms with van der Waals surface area (Å²) in [6.07, 6.45) is 0. The Morgan fingerprint density at radius 1 is 1.31 bits per heavy atom. The molecule has 1 aromatic rings. The Bertz CT molecular complexity index is 440. The molecule has 16 heavy (non-hydrogen) atoms. The van der Waals surface area contributed by atoms with Crippen LogP contribution in [-0.2, 0) is 9.53 Å². The summed E-state index contributed by atoms with van der Waals surface area (Å²) < 4.78 is 4.80. The Morgan fingerprint density at radius 3 is 2.31 bits per heavy atom. The highest BCUT2D eigenvalue weighted by Gasteiger charge is 2.24. The van der Waals surface area contributed by atoms with Crippen molar-refractivity contribution in [2.75, 3.05) is 6.61 Å². The van der Waals surface area contributed by atoms with Gasteiger partial charge in [-0.3, -0.25) is 0 Å². The van der Waals surface area contributed by atoms with Crippen molar-refractivity contribution in [1.29, 1.82) is 0 Å². The second-order valence-corrected chi connectivity index (χ2v) is 3.55. The van der Waals surface area contributed by atoms with E-state index in [1.54, 1.807) is 19.1 Å². The fraction of sp³-hybridized carbons (Fsp3) is 0.333. The minimum absolute atomic E-state index is 0.0614. The summed E-state index contributed by atoms with van der Waals surface area (Å²) in [5, 5.41) is 0. The molecule has 0 bridgehead atoms. The summed E-state index contributed by atoms with van der Waals surface area (Å²) in [5.41, 5.74) is 11.4. The average molecular weight is 218 g/mol. The monoisotopic (exact) mass is 218 g/mol. The van der Waals surface area contributed by atoms with Crippen LogP contribution in [0.3, 0.4) is 0 Å². The van der Waals surface area contributed by atoms with Crippen LogP contribution in [0.5, 0.6) is 0 Å². The van der Waals surface area contributed by atoms with Crippen molar-refractivity contribution in [3.63, 3.8) is 0 Å². The molecule has 0 unspecified atom stereocenters. The Hall–Kier alpha value is -1.93. The van der Waals surface area contributed by atoms with Crippen molar-refractivity contribution in [2.45, 2.75) is 20.8 Å². The zero-order valence-corrected chi connectivity index (χ0v) is 9.65. The Balaban J connectivity index is 3.15. The van der Waals surface area contributed by atoms with Crippen LogP contribution in [0.15, 0.2) is 18.2 Å². The third kappa shape index (κ3) is 2.78. The van der Waals surface area contributed by atoms with E-state index in [1.807, 2.05) is 19.9 Å². The predicted octanol–water partition coefficient (Wildman–Crippen LogP) is 1.89. The lowest BCUT2D eigenvalue weighted by atomic mass is 10.0. The fourth-order valence-electron chi connectivity index (χ4n) is 1.53. The van der Waals surface area contributed by atoms with E-state index in [0.717, 1.165) is 11.1 Å². The van der Waals surface area contributed by atoms with Gasteiger partial charge in [0.05, 0.1) is 12.2 Å². The standard InChI is InChI=1S/C12H14N2O2/c1-4-16-12(15)11(14-13)10-6-8(2)5-9(3)7-10/h5-7H,4H2,1-3H3. The quantitative estimate of drug-likeness (QED) is 0.336. The maximum atomic E-state index is 11.5. The molecule has 0 aromatic heterocycles. The first-order valence-electron chi connectivity index (χ1n) is 5.06. The largest absolute Gasteiger partial charge is 0.457 e. The fourth-order valence-corrected chi connectivity index (χ4v) is 1.53. The van der Waals surface area contributed by atoms with Gasteiger partial charge < -0.3 is 10.3 Å². The predicted molar refractivity (Wildman–Crippen MR) is 60.3 cm³/mol. The molecule has 0 radical (unpaired) electrons. The molecule has 0 aliphatic carbocycles. The summed E-state index contributed by atoms with van der Waals surface area (Å²) in [6, 6.07) is 5.53. The van der Waals surface area contributed by atoms with Crippen LogP contribution in [0, 0.1) is 13.8 Å². The maximum Gasteiger partial charge on any atom is 0.422 e. The molecular formula is C12H14N2O2. The number of nitrogens with zero attached hydrogens (tertiary/aromatic N) is 2. The molecule has 0 heterocycles. The van der Waals surface area contributed by atoms with Gasteiger partial charge in [-0.2, -0.15) is 4.79 Å². The molecule has 0 spiro atoms. The molecule has 1 aromatic carbocycles. The third-order valence-electron chi connectivity index (χ3n) is 2.06. The van der Waals surface area contributed by atoms with Crippen LogP contribution >= 0.6 is 0 Å². The topological polar surface area (TPSA) is 62.7 Å². The van der Waals surface area contributed by atoms with Crippen LogP contribution < -0.4 is 0 Å². The molecule has 0 aliphatic rings. The third-order valence-corrected chi connectivity index (χ3v) is 2.06. The molecule has 0 saturated carbocycles. The molecule has 0 amide bonds. The van der Waals surface area contributed by atoms with E-state index in [4.69, 9.17) is 10.3 Å². The molecule has 84 valence electrons. The van der Waals surface area contributed by atoms with Gasteiger partial charge in [-0.1, -0.05) is 6.07 Å². The van der Waals surface area contributed by atoms with Gasteiger partial charge in [0.15, 0.2) is 0 Å². The number of rotatable bonds is 3. The first kappa shape index (κ1) is 12.1. The molecular weight excluding hydrogens is 204 g/mol. The lowest BCUT2D eigenvalue weighted by Gasteiger charge is -2.01. The summed E-state index contributed by atoms with van der Waals surface area (Å²) in [6.45, 7) is 5.78.